The van der Waals surface area contributed by atoms with Gasteiger partial charge in [0, 0.05) is 12.1 Å². The Morgan fingerprint density at radius 2 is 2.00 bits per heavy atom. The van der Waals surface area contributed by atoms with E-state index in [9.17, 15) is 4.79 Å². The predicted octanol–water partition coefficient (Wildman–Crippen LogP) is 4.39. The van der Waals surface area contributed by atoms with Gasteiger partial charge in [0.15, 0.2) is 16.7 Å². The van der Waals surface area contributed by atoms with Crippen LogP contribution >= 0.6 is 11.6 Å². The molecule has 31 heavy (non-hydrogen) atoms. The quantitative estimate of drug-likeness (QED) is 0.325. The number of esters is 1. The molecule has 158 valence electrons. The molecule has 2 aromatic carbocycles. The maximum absolute atomic E-state index is 12.5. The molecular weight excluding hydrogens is 416 g/mol. The van der Waals surface area contributed by atoms with Gasteiger partial charge in [-0.2, -0.15) is 0 Å². The lowest BCUT2D eigenvalue weighted by Gasteiger charge is -2.12. The fourth-order valence-corrected chi connectivity index (χ4v) is 3.51. The molecule has 0 saturated heterocycles. The summed E-state index contributed by atoms with van der Waals surface area (Å²) >= 11 is 6.17. The normalized spacial score (nSPS) is 10.9. The van der Waals surface area contributed by atoms with E-state index < -0.39 is 5.97 Å². The average Bonchev–Trinajstić information content (AvgIpc) is 3.45. The summed E-state index contributed by atoms with van der Waals surface area (Å²) in [6.45, 7) is 2.78. The highest BCUT2D eigenvalue weighted by Crippen LogP contribution is 2.31. The number of ether oxygens (including phenoxy) is 1. The third-order valence-corrected chi connectivity index (χ3v) is 5.12. The van der Waals surface area contributed by atoms with Gasteiger partial charge in [0.05, 0.1) is 12.9 Å². The highest BCUT2D eigenvalue weighted by molar-refractivity contribution is 6.32. The minimum Gasteiger partial charge on any atom is -0.461 e. The average molecular weight is 437 g/mol. The molecular formula is C22H21ClN6O2. The van der Waals surface area contributed by atoms with E-state index in [1.807, 2.05) is 55.5 Å². The third-order valence-electron chi connectivity index (χ3n) is 4.84. The molecule has 0 saturated carbocycles. The lowest BCUT2D eigenvalue weighted by atomic mass is 9.97. The first-order chi connectivity index (χ1) is 15.2. The van der Waals surface area contributed by atoms with Crippen LogP contribution < -0.4 is 0 Å². The minimum absolute atomic E-state index is 0.127. The summed E-state index contributed by atoms with van der Waals surface area (Å²) in [4.78, 5) is 16.6. The highest BCUT2D eigenvalue weighted by Gasteiger charge is 2.20. The minimum atomic E-state index is -0.475. The van der Waals surface area contributed by atoms with Crippen molar-refractivity contribution < 1.29 is 9.53 Å². The number of benzene rings is 2. The molecule has 0 fully saturated rings. The first kappa shape index (κ1) is 20.7. The van der Waals surface area contributed by atoms with Crippen LogP contribution in [0.4, 0.5) is 0 Å². The number of carbonyl (C=O) groups excluding carboxylic acids is 1. The van der Waals surface area contributed by atoms with Gasteiger partial charge in [-0.25, -0.2) is 14.9 Å². The number of tetrazole rings is 1. The number of hydrogen-bond donors (Lipinski definition) is 1. The van der Waals surface area contributed by atoms with Crippen LogP contribution in [0.5, 0.6) is 0 Å². The Balaban J connectivity index is 1.66. The molecule has 0 atom stereocenters. The molecule has 4 aromatic rings. The van der Waals surface area contributed by atoms with Crippen LogP contribution in [0.15, 0.2) is 54.9 Å². The number of aromatic amines is 1. The zero-order valence-corrected chi connectivity index (χ0v) is 17.7. The summed E-state index contributed by atoms with van der Waals surface area (Å²) in [5.74, 6) is 0.0834. The second-order valence-corrected chi connectivity index (χ2v) is 7.36. The van der Waals surface area contributed by atoms with E-state index in [0.29, 0.717) is 19.0 Å². The Labute approximate surface area is 184 Å². The van der Waals surface area contributed by atoms with Crippen LogP contribution in [0.25, 0.3) is 22.5 Å². The molecule has 9 heteroatoms. The van der Waals surface area contributed by atoms with Crippen LogP contribution in [0, 0.1) is 0 Å². The van der Waals surface area contributed by atoms with E-state index in [1.54, 1.807) is 10.9 Å². The Kier molecular flexibility index (Phi) is 6.37. The van der Waals surface area contributed by atoms with Crippen LogP contribution in [0.1, 0.15) is 35.8 Å². The molecule has 4 rings (SSSR count). The molecule has 0 bridgehead atoms. The van der Waals surface area contributed by atoms with Crippen molar-refractivity contribution in [3.05, 3.63) is 71.3 Å². The number of unbranched alkanes of at least 4 members (excludes halogenated alkanes) is 1. The number of imidazole rings is 1. The SMILES string of the molecule is CCCCOC(=O)c1c(Cl)ncn1Cc1ccc(-c2ccccc2)c(-c2nnn[nH]2)c1. The van der Waals surface area contributed by atoms with Gasteiger partial charge >= 0.3 is 5.97 Å². The molecule has 0 aliphatic heterocycles. The topological polar surface area (TPSA) is 98.6 Å². The summed E-state index contributed by atoms with van der Waals surface area (Å²) in [6.07, 6.45) is 3.28. The second kappa shape index (κ2) is 9.53. The van der Waals surface area contributed by atoms with Crippen molar-refractivity contribution in [3.8, 4) is 22.5 Å². The fourth-order valence-electron chi connectivity index (χ4n) is 3.28. The van der Waals surface area contributed by atoms with Crippen molar-refractivity contribution in [2.75, 3.05) is 6.61 Å². The Bertz CT molecular complexity index is 1160. The standard InChI is InChI=1S/C22H21ClN6O2/c1-2-3-11-31-22(30)19-20(23)24-14-29(19)13-15-9-10-17(16-7-5-4-6-8-16)18(12-15)21-25-27-28-26-21/h4-10,12,14H,2-3,11,13H2,1H3,(H,25,26,27,28). The molecule has 2 heterocycles. The van der Waals surface area contributed by atoms with E-state index in [4.69, 9.17) is 16.3 Å². The molecule has 1 N–H and O–H groups in total. The van der Waals surface area contributed by atoms with E-state index in [2.05, 4.69) is 25.6 Å². The van der Waals surface area contributed by atoms with Crippen molar-refractivity contribution in [1.29, 1.82) is 0 Å². The Morgan fingerprint density at radius 3 is 2.74 bits per heavy atom. The van der Waals surface area contributed by atoms with Gasteiger partial charge in [0.25, 0.3) is 0 Å². The zero-order valence-electron chi connectivity index (χ0n) is 17.0. The van der Waals surface area contributed by atoms with Gasteiger partial charge in [-0.15, -0.1) is 5.10 Å². The molecule has 8 nitrogen and oxygen atoms in total. The number of H-pyrrole nitrogens is 1. The lowest BCUT2D eigenvalue weighted by molar-refractivity contribution is 0.0488. The van der Waals surface area contributed by atoms with Gasteiger partial charge in [0.2, 0.25) is 0 Å². The van der Waals surface area contributed by atoms with Gasteiger partial charge in [-0.05, 0) is 39.6 Å². The van der Waals surface area contributed by atoms with Gasteiger partial charge < -0.3 is 9.30 Å². The fraction of sp³-hybridized carbons (Fsp3) is 0.227. The molecule has 0 aliphatic carbocycles. The second-order valence-electron chi connectivity index (χ2n) is 7.00. The predicted molar refractivity (Wildman–Crippen MR) is 117 cm³/mol. The van der Waals surface area contributed by atoms with Gasteiger partial charge in [-0.1, -0.05) is 67.4 Å². The van der Waals surface area contributed by atoms with Crippen LogP contribution in [0.3, 0.4) is 0 Å². The number of halogens is 1. The number of aromatic nitrogens is 6. The van der Waals surface area contributed by atoms with E-state index in [-0.39, 0.29) is 10.8 Å². The Morgan fingerprint density at radius 1 is 1.16 bits per heavy atom. The van der Waals surface area contributed by atoms with Crippen molar-refractivity contribution in [2.24, 2.45) is 0 Å². The maximum atomic E-state index is 12.5. The summed E-state index contributed by atoms with van der Waals surface area (Å²) in [6, 6.07) is 16.0. The highest BCUT2D eigenvalue weighted by atomic mass is 35.5. The first-order valence-electron chi connectivity index (χ1n) is 9.97. The summed E-state index contributed by atoms with van der Waals surface area (Å²) in [5.41, 5.74) is 4.07. The molecule has 0 aliphatic rings. The van der Waals surface area contributed by atoms with E-state index in [1.165, 1.54) is 0 Å². The van der Waals surface area contributed by atoms with Crippen molar-refractivity contribution in [2.45, 2.75) is 26.3 Å². The molecule has 0 amide bonds. The monoisotopic (exact) mass is 436 g/mol. The largest absolute Gasteiger partial charge is 0.461 e. The number of nitrogens with zero attached hydrogens (tertiary/aromatic N) is 5. The van der Waals surface area contributed by atoms with Crippen LogP contribution in [0.2, 0.25) is 5.15 Å². The summed E-state index contributed by atoms with van der Waals surface area (Å²) < 4.78 is 7.02. The lowest BCUT2D eigenvalue weighted by Crippen LogP contribution is -2.14. The summed E-state index contributed by atoms with van der Waals surface area (Å²) in [5, 5.41) is 14.5. The van der Waals surface area contributed by atoms with E-state index >= 15 is 0 Å². The van der Waals surface area contributed by atoms with E-state index in [0.717, 1.165) is 35.1 Å². The number of hydrogen-bond acceptors (Lipinski definition) is 6. The first-order valence-corrected chi connectivity index (χ1v) is 10.4. The smallest absolute Gasteiger partial charge is 0.358 e. The van der Waals surface area contributed by atoms with Crippen LogP contribution in [-0.2, 0) is 11.3 Å². The number of carbonyl (C=O) groups is 1. The van der Waals surface area contributed by atoms with Gasteiger partial charge in [-0.3, -0.25) is 0 Å². The zero-order chi connectivity index (χ0) is 21.6. The van der Waals surface area contributed by atoms with Crippen molar-refractivity contribution in [3.63, 3.8) is 0 Å². The molecule has 0 spiro atoms. The molecule has 0 unspecified atom stereocenters. The van der Waals surface area contributed by atoms with Gasteiger partial charge in [0.1, 0.15) is 0 Å². The maximum Gasteiger partial charge on any atom is 0.358 e. The summed E-state index contributed by atoms with van der Waals surface area (Å²) in [7, 11) is 0. The van der Waals surface area contributed by atoms with Crippen molar-refractivity contribution >= 4 is 17.6 Å². The molecule has 2 aromatic heterocycles. The van der Waals surface area contributed by atoms with Crippen molar-refractivity contribution in [1.82, 2.24) is 30.2 Å². The molecule has 0 radical (unpaired) electrons. The Hall–Kier alpha value is -3.52. The number of rotatable bonds is 8. The third kappa shape index (κ3) is 4.64. The van der Waals surface area contributed by atoms with Crippen LogP contribution in [-0.4, -0.2) is 42.8 Å². The number of nitrogens with one attached hydrogen (secondary N) is 1.